The molecule has 3 aromatic carbocycles. The fourth-order valence-electron chi connectivity index (χ4n) is 4.49. The summed E-state index contributed by atoms with van der Waals surface area (Å²) in [7, 11) is 1.68. The summed E-state index contributed by atoms with van der Waals surface area (Å²) < 4.78 is 11.3. The van der Waals surface area contributed by atoms with Crippen LogP contribution < -0.4 is 9.47 Å². The molecule has 0 unspecified atom stereocenters. The number of nitrogens with zero attached hydrogens (tertiary/aromatic N) is 2. The molecule has 1 heterocycles. The molecule has 38 heavy (non-hydrogen) atoms. The highest BCUT2D eigenvalue weighted by molar-refractivity contribution is 6.27. The van der Waals surface area contributed by atoms with E-state index in [9.17, 15) is 0 Å². The van der Waals surface area contributed by atoms with Gasteiger partial charge in [0.25, 0.3) is 0 Å². The predicted molar refractivity (Wildman–Crippen MR) is 146 cm³/mol. The van der Waals surface area contributed by atoms with E-state index in [4.69, 9.17) is 29.3 Å². The van der Waals surface area contributed by atoms with Crippen LogP contribution in [0, 0.1) is 0 Å². The highest BCUT2D eigenvalue weighted by Crippen LogP contribution is 2.29. The summed E-state index contributed by atoms with van der Waals surface area (Å²) in [4.78, 5) is 23.4. The van der Waals surface area contributed by atoms with E-state index < -0.39 is 11.9 Å². The Kier molecular flexibility index (Phi) is 11.6. The zero-order valence-corrected chi connectivity index (χ0v) is 21.7. The third-order valence-corrected chi connectivity index (χ3v) is 6.38. The van der Waals surface area contributed by atoms with Crippen molar-refractivity contribution in [3.8, 4) is 11.5 Å². The Labute approximate surface area is 224 Å². The van der Waals surface area contributed by atoms with Gasteiger partial charge in [0.05, 0.1) is 19.8 Å². The Hall–Kier alpha value is -3.88. The number of carboxylic acid groups (broad SMARTS) is 2. The lowest BCUT2D eigenvalue weighted by atomic mass is 9.96. The van der Waals surface area contributed by atoms with Crippen molar-refractivity contribution in [3.05, 3.63) is 96.1 Å². The second-order valence-corrected chi connectivity index (χ2v) is 8.92. The van der Waals surface area contributed by atoms with Crippen LogP contribution in [0.1, 0.15) is 30.0 Å². The molecule has 0 amide bonds. The van der Waals surface area contributed by atoms with Crippen molar-refractivity contribution >= 4 is 11.9 Å². The van der Waals surface area contributed by atoms with E-state index in [0.29, 0.717) is 6.04 Å². The van der Waals surface area contributed by atoms with E-state index in [1.54, 1.807) is 7.11 Å². The lowest BCUT2D eigenvalue weighted by molar-refractivity contribution is -0.159. The van der Waals surface area contributed by atoms with Crippen molar-refractivity contribution in [2.75, 3.05) is 46.4 Å². The average molecular weight is 521 g/mol. The molecule has 202 valence electrons. The van der Waals surface area contributed by atoms with Gasteiger partial charge >= 0.3 is 11.9 Å². The Balaban J connectivity index is 0.000000599. The van der Waals surface area contributed by atoms with Crippen LogP contribution in [0.25, 0.3) is 0 Å². The summed E-state index contributed by atoms with van der Waals surface area (Å²) in [6.07, 6.45) is 2.20. The van der Waals surface area contributed by atoms with Crippen molar-refractivity contribution in [2.24, 2.45) is 0 Å². The van der Waals surface area contributed by atoms with Gasteiger partial charge in [-0.1, -0.05) is 72.8 Å². The number of hydrogen-bond donors (Lipinski definition) is 2. The van der Waals surface area contributed by atoms with E-state index in [-0.39, 0.29) is 0 Å². The second kappa shape index (κ2) is 15.4. The maximum absolute atomic E-state index is 9.10. The van der Waals surface area contributed by atoms with Crippen molar-refractivity contribution in [2.45, 2.75) is 18.9 Å². The average Bonchev–Trinajstić information content (AvgIpc) is 2.95. The number of carboxylic acids is 2. The van der Waals surface area contributed by atoms with Crippen LogP contribution >= 0.6 is 0 Å². The Bertz CT molecular complexity index is 1070. The highest BCUT2D eigenvalue weighted by Gasteiger charge is 2.26. The smallest absolute Gasteiger partial charge is 0.414 e. The largest absolute Gasteiger partial charge is 0.493 e. The van der Waals surface area contributed by atoms with E-state index in [1.165, 1.54) is 11.1 Å². The Morgan fingerprint density at radius 2 is 1.24 bits per heavy atom. The molecule has 0 radical (unpaired) electrons. The summed E-state index contributed by atoms with van der Waals surface area (Å²) in [6, 6.07) is 30.0. The molecule has 1 fully saturated rings. The molecule has 2 N–H and O–H groups in total. The van der Waals surface area contributed by atoms with Gasteiger partial charge in [0, 0.05) is 26.2 Å². The molecule has 0 bridgehead atoms. The number of rotatable bonds is 10. The first kappa shape index (κ1) is 28.7. The predicted octanol–water partition coefficient (Wildman–Crippen LogP) is 4.42. The second-order valence-electron chi connectivity index (χ2n) is 8.92. The first-order valence-corrected chi connectivity index (χ1v) is 12.8. The number of para-hydroxylation sites is 2. The monoisotopic (exact) mass is 520 g/mol. The molecular formula is C30H36N2O6. The molecule has 0 atom stereocenters. The molecular weight excluding hydrogens is 484 g/mol. The SMILES string of the molecule is COc1ccccc1OCCCCN1CCN(C(c2ccccc2)c2ccccc2)CC1.O=C(O)C(=O)O. The van der Waals surface area contributed by atoms with Gasteiger partial charge in [0.1, 0.15) is 0 Å². The van der Waals surface area contributed by atoms with Crippen molar-refractivity contribution in [1.82, 2.24) is 9.80 Å². The van der Waals surface area contributed by atoms with Crippen molar-refractivity contribution in [1.29, 1.82) is 0 Å². The van der Waals surface area contributed by atoms with E-state index in [0.717, 1.165) is 63.7 Å². The topological polar surface area (TPSA) is 99.5 Å². The van der Waals surface area contributed by atoms with Gasteiger partial charge in [-0.3, -0.25) is 4.90 Å². The van der Waals surface area contributed by atoms with Gasteiger partial charge in [-0.25, -0.2) is 9.59 Å². The third-order valence-electron chi connectivity index (χ3n) is 6.38. The number of hydrogen-bond acceptors (Lipinski definition) is 6. The number of piperazine rings is 1. The zero-order valence-electron chi connectivity index (χ0n) is 21.7. The number of methoxy groups -OCH3 is 1. The van der Waals surface area contributed by atoms with Gasteiger partial charge in [-0.15, -0.1) is 0 Å². The summed E-state index contributed by atoms with van der Waals surface area (Å²) in [5, 5.41) is 14.8. The molecule has 0 aliphatic carbocycles. The molecule has 8 heteroatoms. The molecule has 1 aliphatic heterocycles. The minimum atomic E-state index is -1.82. The molecule has 0 spiro atoms. The first-order chi connectivity index (χ1) is 18.5. The minimum Gasteiger partial charge on any atom is -0.493 e. The summed E-state index contributed by atoms with van der Waals surface area (Å²) >= 11 is 0. The van der Waals surface area contributed by atoms with Gasteiger partial charge in [-0.2, -0.15) is 0 Å². The van der Waals surface area contributed by atoms with E-state index >= 15 is 0 Å². The molecule has 0 saturated carbocycles. The van der Waals surface area contributed by atoms with E-state index in [1.807, 2.05) is 24.3 Å². The van der Waals surface area contributed by atoms with Crippen LogP contribution in [0.2, 0.25) is 0 Å². The fraction of sp³-hybridized carbons (Fsp3) is 0.333. The molecule has 1 aliphatic rings. The molecule has 4 rings (SSSR count). The lowest BCUT2D eigenvalue weighted by Gasteiger charge is -2.39. The van der Waals surface area contributed by atoms with E-state index in [2.05, 4.69) is 70.5 Å². The van der Waals surface area contributed by atoms with Crippen LogP contribution in [0.5, 0.6) is 11.5 Å². The zero-order chi connectivity index (χ0) is 27.2. The van der Waals surface area contributed by atoms with Gasteiger partial charge < -0.3 is 24.6 Å². The molecule has 0 aromatic heterocycles. The molecule has 8 nitrogen and oxygen atoms in total. The van der Waals surface area contributed by atoms with Crippen molar-refractivity contribution in [3.63, 3.8) is 0 Å². The number of ether oxygens (including phenoxy) is 2. The van der Waals surface area contributed by atoms with Crippen LogP contribution in [0.3, 0.4) is 0 Å². The maximum Gasteiger partial charge on any atom is 0.414 e. The number of benzene rings is 3. The summed E-state index contributed by atoms with van der Waals surface area (Å²) in [6.45, 7) is 6.26. The van der Waals surface area contributed by atoms with Gasteiger partial charge in [0.15, 0.2) is 11.5 Å². The van der Waals surface area contributed by atoms with Crippen LogP contribution in [0.4, 0.5) is 0 Å². The van der Waals surface area contributed by atoms with Crippen LogP contribution in [-0.2, 0) is 9.59 Å². The lowest BCUT2D eigenvalue weighted by Crippen LogP contribution is -2.48. The van der Waals surface area contributed by atoms with Crippen molar-refractivity contribution < 1.29 is 29.3 Å². The quantitative estimate of drug-likeness (QED) is 0.300. The van der Waals surface area contributed by atoms with Gasteiger partial charge in [0.2, 0.25) is 0 Å². The molecule has 3 aromatic rings. The fourth-order valence-corrected chi connectivity index (χ4v) is 4.49. The Morgan fingerprint density at radius 3 is 1.74 bits per heavy atom. The third kappa shape index (κ3) is 8.90. The number of unbranched alkanes of at least 4 members (excludes halogenated alkanes) is 1. The number of carbonyl (C=O) groups is 2. The summed E-state index contributed by atoms with van der Waals surface area (Å²) in [5.74, 6) is -2.02. The molecule has 1 saturated heterocycles. The van der Waals surface area contributed by atoms with Gasteiger partial charge in [-0.05, 0) is 42.6 Å². The number of aliphatic carboxylic acids is 2. The standard InChI is InChI=1S/C28H34N2O2.C2H2O4/c1-31-26-16-8-9-17-27(26)32-23-11-10-18-29-19-21-30(22-20-29)28(24-12-4-2-5-13-24)25-14-6-3-7-15-25;3-1(4)2(5)6/h2-9,12-17,28H,10-11,18-23H2,1H3;(H,3,4)(H,5,6). The van der Waals surface area contributed by atoms with Crippen LogP contribution in [-0.4, -0.2) is 78.4 Å². The highest BCUT2D eigenvalue weighted by atomic mass is 16.5. The van der Waals surface area contributed by atoms with Crippen LogP contribution in [0.15, 0.2) is 84.9 Å². The minimum absolute atomic E-state index is 0.328. The maximum atomic E-state index is 9.10. The summed E-state index contributed by atoms with van der Waals surface area (Å²) in [5.41, 5.74) is 2.75. The Morgan fingerprint density at radius 1 is 0.737 bits per heavy atom. The normalized spacial score (nSPS) is 13.8. The first-order valence-electron chi connectivity index (χ1n) is 12.8.